The number of amides is 2. The smallest absolute Gasteiger partial charge is 0.348 e. The Kier molecular flexibility index (Phi) is 7.75. The van der Waals surface area contributed by atoms with Gasteiger partial charge in [-0.05, 0) is 44.0 Å². The van der Waals surface area contributed by atoms with Crippen LogP contribution in [0.3, 0.4) is 0 Å². The molecule has 0 saturated carbocycles. The van der Waals surface area contributed by atoms with Gasteiger partial charge in [-0.3, -0.25) is 9.59 Å². The Morgan fingerprint density at radius 1 is 1.14 bits per heavy atom. The molecule has 0 aliphatic heterocycles. The number of hydrogen-bond donors (Lipinski definition) is 1. The first-order valence-corrected chi connectivity index (χ1v) is 9.98. The van der Waals surface area contributed by atoms with Gasteiger partial charge >= 0.3 is 5.97 Å². The van der Waals surface area contributed by atoms with E-state index in [0.717, 1.165) is 28.8 Å². The summed E-state index contributed by atoms with van der Waals surface area (Å²) in [5.74, 6) is -1.26. The second-order valence-electron chi connectivity index (χ2n) is 6.68. The molecule has 0 radical (unpaired) electrons. The van der Waals surface area contributed by atoms with E-state index >= 15 is 0 Å². The zero-order valence-corrected chi connectivity index (χ0v) is 17.5. The van der Waals surface area contributed by atoms with Crippen molar-refractivity contribution in [3.05, 3.63) is 51.2 Å². The van der Waals surface area contributed by atoms with Gasteiger partial charge in [0.05, 0.1) is 6.54 Å². The van der Waals surface area contributed by atoms with Gasteiger partial charge in [0.1, 0.15) is 4.88 Å². The van der Waals surface area contributed by atoms with E-state index in [1.54, 1.807) is 12.1 Å². The fourth-order valence-electron chi connectivity index (χ4n) is 2.59. The minimum atomic E-state index is -0.513. The number of hydrogen-bond acceptors (Lipinski definition) is 5. The average molecular weight is 403 g/mol. The molecule has 0 atom stereocenters. The lowest BCUT2D eigenvalue weighted by molar-refractivity contribution is -0.136. The molecule has 0 unspecified atom stereocenters. The van der Waals surface area contributed by atoms with Crippen LogP contribution >= 0.6 is 11.3 Å². The lowest BCUT2D eigenvalue weighted by Gasteiger charge is -2.16. The number of aryl methyl sites for hydroxylation is 3. The molecule has 0 aliphatic rings. The van der Waals surface area contributed by atoms with Crippen molar-refractivity contribution in [1.82, 2.24) is 4.90 Å². The normalized spacial score (nSPS) is 10.4. The van der Waals surface area contributed by atoms with Crippen LogP contribution in [-0.4, -0.2) is 42.9 Å². The number of nitrogens with one attached hydrogen (secondary N) is 1. The van der Waals surface area contributed by atoms with Crippen LogP contribution in [0.25, 0.3) is 0 Å². The van der Waals surface area contributed by atoms with Gasteiger partial charge in [-0.2, -0.15) is 0 Å². The standard InChI is InChI=1S/C21H26N2O4S/c1-5-6-16-11-18(28-15(16)3)21(26)27-13-20(25)23(4)12-19(24)22-17-9-7-14(2)8-10-17/h7-11H,5-6,12-13H2,1-4H3,(H,22,24). The topological polar surface area (TPSA) is 75.7 Å². The number of carbonyl (C=O) groups is 3. The quantitative estimate of drug-likeness (QED) is 0.685. The van der Waals surface area contributed by atoms with E-state index in [0.29, 0.717) is 10.6 Å². The Labute approximate surface area is 169 Å². The Morgan fingerprint density at radius 2 is 1.82 bits per heavy atom. The van der Waals surface area contributed by atoms with Crippen LogP contribution in [0.2, 0.25) is 0 Å². The van der Waals surface area contributed by atoms with E-state index in [9.17, 15) is 14.4 Å². The molecular weight excluding hydrogens is 376 g/mol. The molecule has 7 heteroatoms. The summed E-state index contributed by atoms with van der Waals surface area (Å²) in [5, 5.41) is 2.73. The lowest BCUT2D eigenvalue weighted by atomic mass is 10.1. The van der Waals surface area contributed by atoms with Crippen molar-refractivity contribution in [1.29, 1.82) is 0 Å². The minimum Gasteiger partial charge on any atom is -0.451 e. The molecule has 0 saturated heterocycles. The number of carbonyl (C=O) groups excluding carboxylic acids is 3. The van der Waals surface area contributed by atoms with Gasteiger partial charge in [0.15, 0.2) is 6.61 Å². The highest BCUT2D eigenvalue weighted by Gasteiger charge is 2.18. The summed E-state index contributed by atoms with van der Waals surface area (Å²) < 4.78 is 5.12. The summed E-state index contributed by atoms with van der Waals surface area (Å²) in [4.78, 5) is 39.2. The van der Waals surface area contributed by atoms with Crippen LogP contribution in [0.5, 0.6) is 0 Å². The van der Waals surface area contributed by atoms with Crippen molar-refractivity contribution in [2.45, 2.75) is 33.6 Å². The molecule has 6 nitrogen and oxygen atoms in total. The van der Waals surface area contributed by atoms with E-state index in [1.165, 1.54) is 23.3 Å². The van der Waals surface area contributed by atoms with Crippen LogP contribution in [0, 0.1) is 13.8 Å². The number of likely N-dealkylation sites (N-methyl/N-ethyl adjacent to an activating group) is 1. The molecule has 2 aromatic rings. The maximum absolute atomic E-state index is 12.2. The van der Waals surface area contributed by atoms with Gasteiger partial charge in [0, 0.05) is 17.6 Å². The summed E-state index contributed by atoms with van der Waals surface area (Å²) >= 11 is 1.37. The Balaban J connectivity index is 1.81. The zero-order chi connectivity index (χ0) is 20.7. The van der Waals surface area contributed by atoms with Gasteiger partial charge in [-0.25, -0.2) is 4.79 Å². The second kappa shape index (κ2) is 10.0. The molecule has 2 amide bonds. The molecule has 1 N–H and O–H groups in total. The Hall–Kier alpha value is -2.67. The monoisotopic (exact) mass is 402 g/mol. The molecule has 1 heterocycles. The molecule has 0 aliphatic carbocycles. The fourth-order valence-corrected chi connectivity index (χ4v) is 3.55. The largest absolute Gasteiger partial charge is 0.451 e. The van der Waals surface area contributed by atoms with Crippen LogP contribution in [-0.2, 0) is 20.7 Å². The van der Waals surface area contributed by atoms with Crippen LogP contribution in [0.15, 0.2) is 30.3 Å². The summed E-state index contributed by atoms with van der Waals surface area (Å²) in [7, 11) is 1.50. The third-order valence-electron chi connectivity index (χ3n) is 4.21. The number of anilines is 1. The van der Waals surface area contributed by atoms with Crippen molar-refractivity contribution in [2.24, 2.45) is 0 Å². The number of nitrogens with zero attached hydrogens (tertiary/aromatic N) is 1. The van der Waals surface area contributed by atoms with Gasteiger partial charge in [-0.1, -0.05) is 31.0 Å². The van der Waals surface area contributed by atoms with Crippen molar-refractivity contribution in [3.8, 4) is 0 Å². The van der Waals surface area contributed by atoms with Crippen molar-refractivity contribution < 1.29 is 19.1 Å². The molecular formula is C21H26N2O4S. The van der Waals surface area contributed by atoms with E-state index in [4.69, 9.17) is 4.74 Å². The molecule has 1 aromatic carbocycles. The van der Waals surface area contributed by atoms with E-state index in [2.05, 4.69) is 12.2 Å². The summed E-state index contributed by atoms with van der Waals surface area (Å²) in [6.45, 7) is 5.49. The predicted molar refractivity (Wildman–Crippen MR) is 111 cm³/mol. The van der Waals surface area contributed by atoms with Crippen LogP contribution in [0.4, 0.5) is 5.69 Å². The molecule has 150 valence electrons. The summed E-state index contributed by atoms with van der Waals surface area (Å²) in [6, 6.07) is 9.21. The highest BCUT2D eigenvalue weighted by atomic mass is 32.1. The SMILES string of the molecule is CCCc1cc(C(=O)OCC(=O)N(C)CC(=O)Nc2ccc(C)cc2)sc1C. The molecule has 1 aromatic heterocycles. The molecule has 2 rings (SSSR count). The second-order valence-corrected chi connectivity index (χ2v) is 7.94. The summed E-state index contributed by atoms with van der Waals surface area (Å²) in [6.07, 6.45) is 1.91. The number of thiophene rings is 1. The molecule has 0 spiro atoms. The molecule has 0 bridgehead atoms. The predicted octanol–water partition coefficient (Wildman–Crippen LogP) is 3.57. The van der Waals surface area contributed by atoms with Gasteiger partial charge in [-0.15, -0.1) is 11.3 Å². The minimum absolute atomic E-state index is 0.122. The number of benzene rings is 1. The van der Waals surface area contributed by atoms with E-state index in [1.807, 2.05) is 32.0 Å². The van der Waals surface area contributed by atoms with Crippen molar-refractivity contribution in [2.75, 3.05) is 25.5 Å². The molecule has 28 heavy (non-hydrogen) atoms. The van der Waals surface area contributed by atoms with E-state index in [-0.39, 0.29) is 12.5 Å². The average Bonchev–Trinajstić information content (AvgIpc) is 3.02. The molecule has 0 fully saturated rings. The Morgan fingerprint density at radius 3 is 2.46 bits per heavy atom. The Bertz CT molecular complexity index is 843. The first-order valence-electron chi connectivity index (χ1n) is 9.17. The van der Waals surface area contributed by atoms with Crippen molar-refractivity contribution >= 4 is 34.8 Å². The van der Waals surface area contributed by atoms with E-state index < -0.39 is 18.5 Å². The first kappa shape index (κ1) is 21.6. The van der Waals surface area contributed by atoms with Crippen LogP contribution in [0.1, 0.15) is 39.0 Å². The maximum Gasteiger partial charge on any atom is 0.348 e. The summed E-state index contributed by atoms with van der Waals surface area (Å²) in [5.41, 5.74) is 2.89. The third kappa shape index (κ3) is 6.20. The number of rotatable bonds is 8. The number of esters is 1. The third-order valence-corrected chi connectivity index (χ3v) is 5.28. The van der Waals surface area contributed by atoms with Gasteiger partial charge in [0.25, 0.3) is 5.91 Å². The highest BCUT2D eigenvalue weighted by molar-refractivity contribution is 7.14. The van der Waals surface area contributed by atoms with Crippen molar-refractivity contribution in [3.63, 3.8) is 0 Å². The van der Waals surface area contributed by atoms with Gasteiger partial charge < -0.3 is 15.0 Å². The first-order chi connectivity index (χ1) is 13.3. The number of ether oxygens (including phenoxy) is 1. The van der Waals surface area contributed by atoms with Gasteiger partial charge in [0.2, 0.25) is 5.91 Å². The fraction of sp³-hybridized carbons (Fsp3) is 0.381. The van der Waals surface area contributed by atoms with Crippen LogP contribution < -0.4 is 5.32 Å². The maximum atomic E-state index is 12.2. The highest BCUT2D eigenvalue weighted by Crippen LogP contribution is 2.23. The lowest BCUT2D eigenvalue weighted by Crippen LogP contribution is -2.37. The zero-order valence-electron chi connectivity index (χ0n) is 16.7.